The second-order valence-corrected chi connectivity index (χ2v) is 8.68. The first-order valence-corrected chi connectivity index (χ1v) is 10.1. The topological polar surface area (TPSA) is 72.2 Å². The van der Waals surface area contributed by atoms with Crippen LogP contribution in [0.15, 0.2) is 0 Å². The van der Waals surface area contributed by atoms with Gasteiger partial charge < -0.3 is 0 Å². The van der Waals surface area contributed by atoms with Gasteiger partial charge in [-0.3, -0.25) is 11.3 Å². The molecule has 0 saturated heterocycles. The zero-order valence-corrected chi connectivity index (χ0v) is 13.9. The Hall–Kier alpha value is -0.130. The van der Waals surface area contributed by atoms with Crippen LogP contribution in [0.3, 0.4) is 0 Å². The summed E-state index contributed by atoms with van der Waals surface area (Å²) in [5, 5.41) is -0.155. The zero-order chi connectivity index (χ0) is 15.0. The van der Waals surface area contributed by atoms with Crippen molar-refractivity contribution in [2.24, 2.45) is 11.8 Å². The maximum absolute atomic E-state index is 11.7. The van der Waals surface area contributed by atoms with Gasteiger partial charge in [-0.05, 0) is 31.6 Å². The summed E-state index contributed by atoms with van der Waals surface area (Å²) in [4.78, 5) is 0. The number of rotatable bonds is 9. The van der Waals surface area contributed by atoms with E-state index in [1.54, 1.807) is 0 Å². The molecule has 1 aliphatic carbocycles. The lowest BCUT2D eigenvalue weighted by Crippen LogP contribution is -2.44. The van der Waals surface area contributed by atoms with Crippen molar-refractivity contribution < 1.29 is 8.42 Å². The minimum Gasteiger partial charge on any atom is -0.271 e. The van der Waals surface area contributed by atoms with Gasteiger partial charge in [-0.1, -0.05) is 45.4 Å². The Morgan fingerprint density at radius 3 is 2.50 bits per heavy atom. The highest BCUT2D eigenvalue weighted by Gasteiger charge is 2.32. The third kappa shape index (κ3) is 6.10. The Morgan fingerprint density at radius 1 is 1.20 bits per heavy atom. The average Bonchev–Trinajstić information content (AvgIpc) is 2.42. The van der Waals surface area contributed by atoms with E-state index in [0.717, 1.165) is 32.1 Å². The summed E-state index contributed by atoms with van der Waals surface area (Å²) >= 11 is 0. The predicted octanol–water partition coefficient (Wildman–Crippen LogP) is 2.78. The summed E-state index contributed by atoms with van der Waals surface area (Å²) in [6.45, 7) is 2.22. The standard InChI is InChI=1S/C15H32N2O2S/c1-3-4-5-6-7-11-15(17-16)13-9-8-10-14(12-13)20(2,18)19/h13-15,17H,3-12,16H2,1-2H3. The second-order valence-electron chi connectivity index (χ2n) is 6.35. The number of hydrazine groups is 1. The van der Waals surface area contributed by atoms with Crippen LogP contribution in [-0.4, -0.2) is 26.0 Å². The van der Waals surface area contributed by atoms with Crippen molar-refractivity contribution in [3.63, 3.8) is 0 Å². The van der Waals surface area contributed by atoms with Gasteiger partial charge in [0.05, 0.1) is 5.25 Å². The average molecular weight is 305 g/mol. The summed E-state index contributed by atoms with van der Waals surface area (Å²) < 4.78 is 23.4. The molecule has 0 radical (unpaired) electrons. The van der Waals surface area contributed by atoms with E-state index in [4.69, 9.17) is 5.84 Å². The summed E-state index contributed by atoms with van der Waals surface area (Å²) in [6, 6.07) is 0.279. The fraction of sp³-hybridized carbons (Fsp3) is 1.00. The Balaban J connectivity index is 2.40. The molecular weight excluding hydrogens is 272 g/mol. The van der Waals surface area contributed by atoms with Crippen LogP contribution in [0.1, 0.15) is 71.1 Å². The highest BCUT2D eigenvalue weighted by molar-refractivity contribution is 7.91. The van der Waals surface area contributed by atoms with Crippen LogP contribution in [0.5, 0.6) is 0 Å². The van der Waals surface area contributed by atoms with Gasteiger partial charge in [0.1, 0.15) is 9.84 Å². The second kappa shape index (κ2) is 9.00. The number of nitrogens with two attached hydrogens (primary N) is 1. The molecule has 0 aromatic carbocycles. The van der Waals surface area contributed by atoms with E-state index in [0.29, 0.717) is 5.92 Å². The zero-order valence-electron chi connectivity index (χ0n) is 13.1. The number of hydrogen-bond acceptors (Lipinski definition) is 4. The Labute approximate surface area is 124 Å². The summed E-state index contributed by atoms with van der Waals surface area (Å²) in [5.41, 5.74) is 2.94. The minimum absolute atomic E-state index is 0.155. The van der Waals surface area contributed by atoms with Crippen LogP contribution in [0.4, 0.5) is 0 Å². The van der Waals surface area contributed by atoms with Gasteiger partial charge in [-0.25, -0.2) is 8.42 Å². The number of unbranched alkanes of at least 4 members (excludes halogenated alkanes) is 4. The van der Waals surface area contributed by atoms with Crippen LogP contribution >= 0.6 is 0 Å². The summed E-state index contributed by atoms with van der Waals surface area (Å²) in [5.74, 6) is 6.12. The lowest BCUT2D eigenvalue weighted by Gasteiger charge is -2.33. The molecule has 1 saturated carbocycles. The molecule has 1 aliphatic rings. The van der Waals surface area contributed by atoms with E-state index in [2.05, 4.69) is 12.3 Å². The molecule has 0 aromatic rings. The molecule has 1 fully saturated rings. The lowest BCUT2D eigenvalue weighted by atomic mass is 9.82. The molecule has 5 heteroatoms. The molecule has 20 heavy (non-hydrogen) atoms. The first-order valence-electron chi connectivity index (χ1n) is 8.14. The maximum Gasteiger partial charge on any atom is 0.150 e. The van der Waals surface area contributed by atoms with Crippen molar-refractivity contribution >= 4 is 9.84 Å². The van der Waals surface area contributed by atoms with Crippen LogP contribution in [0, 0.1) is 5.92 Å². The van der Waals surface area contributed by atoms with Gasteiger partial charge >= 0.3 is 0 Å². The quantitative estimate of drug-likeness (QED) is 0.390. The van der Waals surface area contributed by atoms with Gasteiger partial charge in [0.2, 0.25) is 0 Å². The van der Waals surface area contributed by atoms with Gasteiger partial charge in [-0.15, -0.1) is 0 Å². The third-order valence-electron chi connectivity index (χ3n) is 4.67. The minimum atomic E-state index is -2.90. The molecule has 0 heterocycles. The third-order valence-corrected chi connectivity index (χ3v) is 6.31. The van der Waals surface area contributed by atoms with Crippen molar-refractivity contribution in [3.05, 3.63) is 0 Å². The normalized spacial score (nSPS) is 25.6. The first-order chi connectivity index (χ1) is 9.49. The Bertz CT molecular complexity index is 357. The van der Waals surface area contributed by atoms with Crippen molar-refractivity contribution in [3.8, 4) is 0 Å². The molecule has 4 nitrogen and oxygen atoms in total. The van der Waals surface area contributed by atoms with E-state index in [1.165, 1.54) is 38.4 Å². The van der Waals surface area contributed by atoms with E-state index in [1.807, 2.05) is 0 Å². The largest absolute Gasteiger partial charge is 0.271 e. The van der Waals surface area contributed by atoms with Crippen LogP contribution in [0.25, 0.3) is 0 Å². The van der Waals surface area contributed by atoms with E-state index >= 15 is 0 Å². The maximum atomic E-state index is 11.7. The van der Waals surface area contributed by atoms with E-state index < -0.39 is 9.84 Å². The highest BCUT2D eigenvalue weighted by atomic mass is 32.2. The molecule has 3 atom stereocenters. The predicted molar refractivity (Wildman–Crippen MR) is 85.1 cm³/mol. The molecule has 1 rings (SSSR count). The molecule has 3 N–H and O–H groups in total. The van der Waals surface area contributed by atoms with Crippen molar-refractivity contribution in [1.29, 1.82) is 0 Å². The fourth-order valence-electron chi connectivity index (χ4n) is 3.36. The van der Waals surface area contributed by atoms with Crippen LogP contribution in [0.2, 0.25) is 0 Å². The Morgan fingerprint density at radius 2 is 1.90 bits per heavy atom. The molecule has 0 bridgehead atoms. The highest BCUT2D eigenvalue weighted by Crippen LogP contribution is 2.32. The molecule has 0 aliphatic heterocycles. The smallest absolute Gasteiger partial charge is 0.150 e. The van der Waals surface area contributed by atoms with E-state index in [9.17, 15) is 8.42 Å². The van der Waals surface area contributed by atoms with Crippen molar-refractivity contribution in [2.45, 2.75) is 82.4 Å². The van der Waals surface area contributed by atoms with Gasteiger partial charge in [0.15, 0.2) is 0 Å². The number of nitrogens with one attached hydrogen (secondary N) is 1. The number of hydrogen-bond donors (Lipinski definition) is 2. The van der Waals surface area contributed by atoms with Gasteiger partial charge in [-0.2, -0.15) is 0 Å². The molecule has 0 spiro atoms. The van der Waals surface area contributed by atoms with Crippen LogP contribution in [-0.2, 0) is 9.84 Å². The molecule has 0 aromatic heterocycles. The van der Waals surface area contributed by atoms with Crippen molar-refractivity contribution in [2.75, 3.05) is 6.26 Å². The molecule has 3 unspecified atom stereocenters. The van der Waals surface area contributed by atoms with Crippen molar-refractivity contribution in [1.82, 2.24) is 5.43 Å². The van der Waals surface area contributed by atoms with Gasteiger partial charge in [0.25, 0.3) is 0 Å². The molecule has 120 valence electrons. The van der Waals surface area contributed by atoms with Crippen LogP contribution < -0.4 is 11.3 Å². The summed E-state index contributed by atoms with van der Waals surface area (Å²) in [7, 11) is -2.90. The molecular formula is C15H32N2O2S. The monoisotopic (exact) mass is 304 g/mol. The van der Waals surface area contributed by atoms with E-state index in [-0.39, 0.29) is 11.3 Å². The molecule has 0 amide bonds. The van der Waals surface area contributed by atoms with Gasteiger partial charge in [0, 0.05) is 12.3 Å². The fourth-order valence-corrected chi connectivity index (χ4v) is 4.55. The Kier molecular flexibility index (Phi) is 8.07. The summed E-state index contributed by atoms with van der Waals surface area (Å²) in [6.07, 6.45) is 12.5. The first kappa shape index (κ1) is 17.9. The SMILES string of the molecule is CCCCCCCC(NN)C1CCCC(S(C)(=O)=O)C1. The number of sulfone groups is 1. The lowest BCUT2D eigenvalue weighted by molar-refractivity contribution is 0.256.